The maximum Gasteiger partial charge on any atom is 0.0205 e. The van der Waals surface area contributed by atoms with Crippen LogP contribution in [0.1, 0.15) is 31.2 Å². The Hall–Kier alpha value is -0.470. The lowest BCUT2D eigenvalue weighted by atomic mass is 9.98. The van der Waals surface area contributed by atoms with Gasteiger partial charge in [0.2, 0.25) is 0 Å². The molecule has 0 spiro atoms. The monoisotopic (exact) mass is 261 g/mol. The normalized spacial score (nSPS) is 19.4. The molecule has 0 heterocycles. The second-order valence-corrected chi connectivity index (χ2v) is 6.70. The fourth-order valence-electron chi connectivity index (χ4n) is 2.89. The standard InChI is InChI=1S/C16H23NS/c1-18-15-8-2-12(3-9-15)10-17-11-16(13-4-5-13)14-6-7-14/h2-3,8-9,13-14,16-17H,4-7,10-11H2,1H3. The zero-order chi connectivity index (χ0) is 12.4. The quantitative estimate of drug-likeness (QED) is 0.746. The van der Waals surface area contributed by atoms with Gasteiger partial charge in [0.25, 0.3) is 0 Å². The van der Waals surface area contributed by atoms with Crippen LogP contribution >= 0.6 is 11.8 Å². The summed E-state index contributed by atoms with van der Waals surface area (Å²) >= 11 is 1.81. The molecule has 0 atom stereocenters. The number of rotatable bonds is 7. The van der Waals surface area contributed by atoms with Gasteiger partial charge in [0.1, 0.15) is 0 Å². The van der Waals surface area contributed by atoms with Crippen LogP contribution in [0.15, 0.2) is 29.2 Å². The summed E-state index contributed by atoms with van der Waals surface area (Å²) in [5.41, 5.74) is 1.41. The summed E-state index contributed by atoms with van der Waals surface area (Å²) < 4.78 is 0. The first-order valence-electron chi connectivity index (χ1n) is 7.20. The van der Waals surface area contributed by atoms with Crippen molar-refractivity contribution in [1.82, 2.24) is 5.32 Å². The summed E-state index contributed by atoms with van der Waals surface area (Å²) in [6.45, 7) is 2.27. The van der Waals surface area contributed by atoms with Crippen LogP contribution in [0.2, 0.25) is 0 Å². The minimum absolute atomic E-state index is 0.982. The van der Waals surface area contributed by atoms with Crippen molar-refractivity contribution in [3.05, 3.63) is 29.8 Å². The number of nitrogens with one attached hydrogen (secondary N) is 1. The van der Waals surface area contributed by atoms with Gasteiger partial charge in [-0.3, -0.25) is 0 Å². The van der Waals surface area contributed by atoms with Crippen LogP contribution in [-0.4, -0.2) is 12.8 Å². The van der Waals surface area contributed by atoms with Crippen LogP contribution in [0.5, 0.6) is 0 Å². The molecule has 0 bridgehead atoms. The first-order valence-corrected chi connectivity index (χ1v) is 8.43. The minimum Gasteiger partial charge on any atom is -0.312 e. The Kier molecular flexibility index (Phi) is 3.95. The van der Waals surface area contributed by atoms with Crippen LogP contribution in [0.3, 0.4) is 0 Å². The van der Waals surface area contributed by atoms with Crippen molar-refractivity contribution in [2.24, 2.45) is 17.8 Å². The summed E-state index contributed by atoms with van der Waals surface area (Å²) in [6, 6.07) is 8.95. The molecule has 3 rings (SSSR count). The van der Waals surface area contributed by atoms with Gasteiger partial charge in [0.15, 0.2) is 0 Å². The summed E-state index contributed by atoms with van der Waals surface area (Å²) in [4.78, 5) is 1.35. The average molecular weight is 261 g/mol. The van der Waals surface area contributed by atoms with Gasteiger partial charge in [-0.25, -0.2) is 0 Å². The number of hydrogen-bond acceptors (Lipinski definition) is 2. The maximum absolute atomic E-state index is 3.68. The molecule has 0 radical (unpaired) electrons. The van der Waals surface area contributed by atoms with Crippen molar-refractivity contribution < 1.29 is 0 Å². The Bertz CT molecular complexity index is 367. The molecule has 0 unspecified atom stereocenters. The Labute approximate surface area is 115 Å². The van der Waals surface area contributed by atoms with Crippen molar-refractivity contribution in [2.75, 3.05) is 12.8 Å². The molecule has 0 amide bonds. The molecule has 2 aliphatic carbocycles. The molecule has 1 nitrogen and oxygen atoms in total. The Morgan fingerprint density at radius 2 is 1.72 bits per heavy atom. The van der Waals surface area contributed by atoms with Crippen molar-refractivity contribution in [2.45, 2.75) is 37.1 Å². The van der Waals surface area contributed by atoms with Gasteiger partial charge in [-0.2, -0.15) is 0 Å². The molecule has 2 heteroatoms. The van der Waals surface area contributed by atoms with Crippen LogP contribution in [-0.2, 0) is 6.54 Å². The van der Waals surface area contributed by atoms with E-state index < -0.39 is 0 Å². The summed E-state index contributed by atoms with van der Waals surface area (Å²) in [5.74, 6) is 3.10. The van der Waals surface area contributed by atoms with E-state index in [1.807, 2.05) is 11.8 Å². The molecular formula is C16H23NS. The van der Waals surface area contributed by atoms with Crippen molar-refractivity contribution in [3.63, 3.8) is 0 Å². The van der Waals surface area contributed by atoms with Crippen LogP contribution in [0, 0.1) is 17.8 Å². The number of hydrogen-bond donors (Lipinski definition) is 1. The lowest BCUT2D eigenvalue weighted by molar-refractivity contribution is 0.378. The fraction of sp³-hybridized carbons (Fsp3) is 0.625. The summed E-state index contributed by atoms with van der Waals surface area (Å²) in [7, 11) is 0. The van der Waals surface area contributed by atoms with E-state index in [-0.39, 0.29) is 0 Å². The molecule has 1 N–H and O–H groups in total. The predicted octanol–water partition coefficient (Wildman–Crippen LogP) is 3.93. The topological polar surface area (TPSA) is 12.0 Å². The third-order valence-corrected chi connectivity index (χ3v) is 5.07. The third-order valence-electron chi connectivity index (χ3n) is 4.32. The average Bonchev–Trinajstić information content (AvgIpc) is 3.29. The van der Waals surface area contributed by atoms with Crippen molar-refractivity contribution in [3.8, 4) is 0 Å². The first kappa shape index (κ1) is 12.6. The molecule has 2 fully saturated rings. The van der Waals surface area contributed by atoms with E-state index in [0.717, 1.165) is 24.3 Å². The highest BCUT2D eigenvalue weighted by atomic mass is 32.2. The fourth-order valence-corrected chi connectivity index (χ4v) is 3.30. The van der Waals surface area contributed by atoms with Crippen molar-refractivity contribution in [1.29, 1.82) is 0 Å². The Morgan fingerprint density at radius 3 is 2.22 bits per heavy atom. The van der Waals surface area contributed by atoms with Crippen molar-refractivity contribution >= 4 is 11.8 Å². The molecule has 0 aliphatic heterocycles. The molecule has 98 valence electrons. The van der Waals surface area contributed by atoms with Crippen LogP contribution in [0.25, 0.3) is 0 Å². The van der Waals surface area contributed by atoms with Crippen LogP contribution < -0.4 is 5.32 Å². The van der Waals surface area contributed by atoms with Gasteiger partial charge in [0.05, 0.1) is 0 Å². The Morgan fingerprint density at radius 1 is 1.11 bits per heavy atom. The second kappa shape index (κ2) is 5.66. The SMILES string of the molecule is CSc1ccc(CNCC(C2CC2)C2CC2)cc1. The van der Waals surface area contributed by atoms with Gasteiger partial charge >= 0.3 is 0 Å². The molecule has 1 aromatic carbocycles. The van der Waals surface area contributed by atoms with E-state index in [2.05, 4.69) is 35.8 Å². The highest BCUT2D eigenvalue weighted by Gasteiger charge is 2.40. The summed E-state index contributed by atoms with van der Waals surface area (Å²) in [6.07, 6.45) is 8.09. The number of benzene rings is 1. The molecule has 0 saturated heterocycles. The summed E-state index contributed by atoms with van der Waals surface area (Å²) in [5, 5.41) is 3.68. The molecule has 18 heavy (non-hydrogen) atoms. The van der Waals surface area contributed by atoms with Crippen LogP contribution in [0.4, 0.5) is 0 Å². The lowest BCUT2D eigenvalue weighted by Crippen LogP contribution is -2.25. The molecule has 1 aromatic rings. The zero-order valence-corrected chi connectivity index (χ0v) is 12.0. The van der Waals surface area contributed by atoms with E-state index in [1.165, 1.54) is 42.7 Å². The highest BCUT2D eigenvalue weighted by molar-refractivity contribution is 7.98. The van der Waals surface area contributed by atoms with E-state index >= 15 is 0 Å². The largest absolute Gasteiger partial charge is 0.312 e. The molecular weight excluding hydrogens is 238 g/mol. The van der Waals surface area contributed by atoms with E-state index in [4.69, 9.17) is 0 Å². The molecule has 0 aromatic heterocycles. The smallest absolute Gasteiger partial charge is 0.0205 e. The highest BCUT2D eigenvalue weighted by Crippen LogP contribution is 2.48. The lowest BCUT2D eigenvalue weighted by Gasteiger charge is -2.16. The maximum atomic E-state index is 3.68. The number of thioether (sulfide) groups is 1. The Balaban J connectivity index is 1.45. The predicted molar refractivity (Wildman–Crippen MR) is 78.9 cm³/mol. The van der Waals surface area contributed by atoms with E-state index in [0.29, 0.717) is 0 Å². The van der Waals surface area contributed by atoms with Gasteiger partial charge in [0, 0.05) is 11.4 Å². The second-order valence-electron chi connectivity index (χ2n) is 5.82. The van der Waals surface area contributed by atoms with Gasteiger partial charge < -0.3 is 5.32 Å². The van der Waals surface area contributed by atoms with E-state index in [9.17, 15) is 0 Å². The van der Waals surface area contributed by atoms with Gasteiger partial charge in [-0.15, -0.1) is 11.8 Å². The first-order chi connectivity index (χ1) is 8.86. The van der Waals surface area contributed by atoms with E-state index in [1.54, 1.807) is 0 Å². The zero-order valence-electron chi connectivity index (χ0n) is 11.2. The van der Waals surface area contributed by atoms with Gasteiger partial charge in [-0.05, 0) is 73.9 Å². The molecule has 2 aliphatic rings. The molecule has 2 saturated carbocycles. The minimum atomic E-state index is 0.982. The third kappa shape index (κ3) is 3.30. The van der Waals surface area contributed by atoms with Gasteiger partial charge in [-0.1, -0.05) is 12.1 Å².